The smallest absolute Gasteiger partial charge is 0.214 e. The summed E-state index contributed by atoms with van der Waals surface area (Å²) in [6.45, 7) is 11.0. The summed E-state index contributed by atoms with van der Waals surface area (Å²) in [6, 6.07) is 16.1. The number of guanidine groups is 1. The van der Waals surface area contributed by atoms with E-state index < -0.39 is 0 Å². The number of nitrogens with zero attached hydrogens (tertiary/aromatic N) is 2. The molecule has 0 unspecified atom stereocenters. The molecule has 0 atom stereocenters. The number of oxazole rings is 1. The monoisotopic (exact) mass is 534 g/mol. The van der Waals surface area contributed by atoms with Crippen molar-refractivity contribution in [2.24, 2.45) is 4.99 Å². The summed E-state index contributed by atoms with van der Waals surface area (Å²) in [5, 5.41) is 6.67. The Morgan fingerprint density at radius 3 is 2.39 bits per heavy atom. The zero-order valence-corrected chi connectivity index (χ0v) is 21.1. The number of aromatic nitrogens is 1. The van der Waals surface area contributed by atoms with Crippen molar-refractivity contribution in [1.29, 1.82) is 0 Å². The van der Waals surface area contributed by atoms with E-state index in [-0.39, 0.29) is 30.1 Å². The van der Waals surface area contributed by atoms with Gasteiger partial charge in [-0.2, -0.15) is 0 Å². The first-order valence-electron chi connectivity index (χ1n) is 10.2. The molecule has 6 nitrogen and oxygen atoms in total. The Balaban J connectivity index is 0.00000341. The molecular weight excluding hydrogens is 503 g/mol. The maximum absolute atomic E-state index is 5.72. The van der Waals surface area contributed by atoms with Gasteiger partial charge in [-0.25, -0.2) is 9.98 Å². The van der Waals surface area contributed by atoms with Crippen LogP contribution in [0.25, 0.3) is 0 Å². The number of halogens is 1. The van der Waals surface area contributed by atoms with Gasteiger partial charge < -0.3 is 19.8 Å². The van der Waals surface area contributed by atoms with E-state index in [2.05, 4.69) is 34.7 Å². The highest BCUT2D eigenvalue weighted by Crippen LogP contribution is 2.17. The molecule has 7 heteroatoms. The van der Waals surface area contributed by atoms with Crippen LogP contribution in [0.15, 0.2) is 57.9 Å². The van der Waals surface area contributed by atoms with Gasteiger partial charge in [0.2, 0.25) is 5.89 Å². The number of nitrogens with one attached hydrogen (secondary N) is 2. The first kappa shape index (κ1) is 24.7. The minimum Gasteiger partial charge on any atom is -0.491 e. The first-order valence-corrected chi connectivity index (χ1v) is 10.2. The van der Waals surface area contributed by atoms with E-state index >= 15 is 0 Å². The topological polar surface area (TPSA) is 71.7 Å². The van der Waals surface area contributed by atoms with Gasteiger partial charge in [-0.1, -0.05) is 24.3 Å². The van der Waals surface area contributed by atoms with Gasteiger partial charge >= 0.3 is 0 Å². The summed E-state index contributed by atoms with van der Waals surface area (Å²) in [5.41, 5.74) is 4.22. The van der Waals surface area contributed by atoms with Crippen LogP contribution in [0.2, 0.25) is 0 Å². The molecule has 0 fully saturated rings. The Kier molecular flexibility index (Phi) is 9.36. The van der Waals surface area contributed by atoms with Crippen LogP contribution in [0, 0.1) is 20.8 Å². The van der Waals surface area contributed by atoms with Gasteiger partial charge in [-0.05, 0) is 70.0 Å². The molecule has 3 rings (SSSR count). The molecule has 31 heavy (non-hydrogen) atoms. The van der Waals surface area contributed by atoms with Crippen LogP contribution in [-0.4, -0.2) is 17.0 Å². The Labute approximate surface area is 201 Å². The fraction of sp³-hybridized carbons (Fsp3) is 0.333. The SMILES string of the molecule is Cc1ccccc1CN=C(NCc1nc(C)c(C)o1)Nc1ccc(OC(C)C)cc1.I. The van der Waals surface area contributed by atoms with Crippen molar-refractivity contribution in [2.45, 2.75) is 53.8 Å². The number of hydrogen-bond donors (Lipinski definition) is 2. The summed E-state index contributed by atoms with van der Waals surface area (Å²) < 4.78 is 11.4. The van der Waals surface area contributed by atoms with E-state index in [0.717, 1.165) is 22.9 Å². The average molecular weight is 534 g/mol. The second-order valence-corrected chi connectivity index (χ2v) is 7.51. The van der Waals surface area contributed by atoms with Gasteiger partial charge in [0.1, 0.15) is 11.5 Å². The Bertz CT molecular complexity index is 978. The molecule has 1 heterocycles. The number of anilines is 1. The predicted octanol–water partition coefficient (Wildman–Crippen LogP) is 5.76. The van der Waals surface area contributed by atoms with Crippen LogP contribution < -0.4 is 15.4 Å². The van der Waals surface area contributed by atoms with E-state index in [1.165, 1.54) is 11.1 Å². The Morgan fingerprint density at radius 1 is 1.06 bits per heavy atom. The third-order valence-corrected chi connectivity index (χ3v) is 4.64. The van der Waals surface area contributed by atoms with Gasteiger partial charge in [-0.15, -0.1) is 24.0 Å². The Morgan fingerprint density at radius 2 is 1.77 bits per heavy atom. The number of benzene rings is 2. The maximum Gasteiger partial charge on any atom is 0.214 e. The van der Waals surface area contributed by atoms with E-state index in [0.29, 0.717) is 24.9 Å². The predicted molar refractivity (Wildman–Crippen MR) is 136 cm³/mol. The number of ether oxygens (including phenoxy) is 1. The van der Waals surface area contributed by atoms with Gasteiger partial charge in [0, 0.05) is 5.69 Å². The molecule has 0 bridgehead atoms. The molecule has 2 aromatic carbocycles. The fourth-order valence-corrected chi connectivity index (χ4v) is 2.89. The summed E-state index contributed by atoms with van der Waals surface area (Å²) >= 11 is 0. The molecule has 0 amide bonds. The molecule has 0 aliphatic rings. The van der Waals surface area contributed by atoms with Crippen LogP contribution in [0.5, 0.6) is 5.75 Å². The van der Waals surface area contributed by atoms with E-state index in [4.69, 9.17) is 14.1 Å². The second-order valence-electron chi connectivity index (χ2n) is 7.51. The van der Waals surface area contributed by atoms with Gasteiger partial charge in [-0.3, -0.25) is 0 Å². The van der Waals surface area contributed by atoms with Crippen molar-refractivity contribution >= 4 is 35.6 Å². The minimum atomic E-state index is 0. The summed E-state index contributed by atoms with van der Waals surface area (Å²) in [6.07, 6.45) is 0.143. The molecule has 1 aromatic heterocycles. The molecule has 0 saturated carbocycles. The zero-order valence-electron chi connectivity index (χ0n) is 18.7. The summed E-state index contributed by atoms with van der Waals surface area (Å²) in [7, 11) is 0. The largest absolute Gasteiger partial charge is 0.491 e. The molecule has 0 aliphatic heterocycles. The Hall–Kier alpha value is -2.55. The molecule has 0 aliphatic carbocycles. The lowest BCUT2D eigenvalue weighted by Gasteiger charge is -2.14. The summed E-state index contributed by atoms with van der Waals surface area (Å²) in [4.78, 5) is 9.19. The molecule has 0 spiro atoms. The van der Waals surface area contributed by atoms with Crippen molar-refractivity contribution in [3.8, 4) is 5.75 Å². The van der Waals surface area contributed by atoms with Gasteiger partial charge in [0.15, 0.2) is 5.96 Å². The number of rotatable bonds is 7. The van der Waals surface area contributed by atoms with Crippen molar-refractivity contribution in [3.63, 3.8) is 0 Å². The lowest BCUT2D eigenvalue weighted by atomic mass is 10.1. The van der Waals surface area contributed by atoms with Crippen LogP contribution >= 0.6 is 24.0 Å². The highest BCUT2D eigenvalue weighted by molar-refractivity contribution is 14.0. The second kappa shape index (κ2) is 11.7. The average Bonchev–Trinajstić information content (AvgIpc) is 3.03. The number of aryl methyl sites for hydroxylation is 3. The highest BCUT2D eigenvalue weighted by atomic mass is 127. The highest BCUT2D eigenvalue weighted by Gasteiger charge is 2.08. The van der Waals surface area contributed by atoms with E-state index in [1.807, 2.05) is 64.1 Å². The van der Waals surface area contributed by atoms with Crippen LogP contribution in [0.4, 0.5) is 5.69 Å². The molecule has 3 aromatic rings. The van der Waals surface area contributed by atoms with E-state index in [1.54, 1.807) is 0 Å². The molecule has 0 saturated heterocycles. The first-order chi connectivity index (χ1) is 14.4. The third kappa shape index (κ3) is 7.57. The van der Waals surface area contributed by atoms with Crippen molar-refractivity contribution in [1.82, 2.24) is 10.3 Å². The molecular formula is C24H31IN4O2. The molecule has 2 N–H and O–H groups in total. The summed E-state index contributed by atoms with van der Waals surface area (Å²) in [5.74, 6) is 2.96. The lowest BCUT2D eigenvalue weighted by molar-refractivity contribution is 0.242. The normalized spacial score (nSPS) is 11.2. The number of aliphatic imine (C=N–C) groups is 1. The molecule has 0 radical (unpaired) electrons. The maximum atomic E-state index is 5.72. The quantitative estimate of drug-likeness (QED) is 0.229. The lowest BCUT2D eigenvalue weighted by Crippen LogP contribution is -2.30. The van der Waals surface area contributed by atoms with Crippen LogP contribution in [0.1, 0.15) is 42.3 Å². The van der Waals surface area contributed by atoms with Crippen LogP contribution in [0.3, 0.4) is 0 Å². The number of hydrogen-bond acceptors (Lipinski definition) is 4. The van der Waals surface area contributed by atoms with Crippen LogP contribution in [-0.2, 0) is 13.1 Å². The van der Waals surface area contributed by atoms with E-state index in [9.17, 15) is 0 Å². The molecule has 166 valence electrons. The van der Waals surface area contributed by atoms with Crippen molar-refractivity contribution in [3.05, 3.63) is 77.0 Å². The zero-order chi connectivity index (χ0) is 21.5. The minimum absolute atomic E-state index is 0. The van der Waals surface area contributed by atoms with Gasteiger partial charge in [0.05, 0.1) is 24.9 Å². The fourth-order valence-electron chi connectivity index (χ4n) is 2.89. The third-order valence-electron chi connectivity index (χ3n) is 4.64. The standard InChI is InChI=1S/C24H30N4O2.HI/c1-16(2)29-22-12-10-21(11-13-22)28-24(25-14-20-9-7-6-8-17(20)3)26-15-23-27-18(4)19(5)30-23;/h6-13,16H,14-15H2,1-5H3,(H2,25,26,28);1H. The van der Waals surface area contributed by atoms with Gasteiger partial charge in [0.25, 0.3) is 0 Å². The van der Waals surface area contributed by atoms with Crippen molar-refractivity contribution < 1.29 is 9.15 Å². The van der Waals surface area contributed by atoms with Crippen molar-refractivity contribution in [2.75, 3.05) is 5.32 Å².